The van der Waals surface area contributed by atoms with Crippen LogP contribution in [0.3, 0.4) is 0 Å². The van der Waals surface area contributed by atoms with Crippen molar-refractivity contribution in [2.45, 2.75) is 25.7 Å². The van der Waals surface area contributed by atoms with Gasteiger partial charge in [0.25, 0.3) is 0 Å². The summed E-state index contributed by atoms with van der Waals surface area (Å²) in [5.41, 5.74) is -0.255. The molecule has 0 aliphatic heterocycles. The molecule has 0 aliphatic carbocycles. The molecule has 0 bridgehead atoms. The predicted octanol–water partition coefficient (Wildman–Crippen LogP) is 5.32. The highest BCUT2D eigenvalue weighted by Crippen LogP contribution is 2.33. The number of aliphatic carboxylic acids is 1. The molecule has 1 N–H and O–H groups in total. The van der Waals surface area contributed by atoms with E-state index in [1.54, 1.807) is 11.8 Å². The molecule has 0 heterocycles. The Labute approximate surface area is 141 Å². The van der Waals surface area contributed by atoms with Crippen LogP contribution in [0.15, 0.2) is 59.5 Å². The highest BCUT2D eigenvalue weighted by molar-refractivity contribution is 7.99. The SMILES string of the molecule is CC(C)(C)C(CSc1ccc(Oc2ccccc2)cc1)C(=O)O. The number of carboxylic acids is 1. The molecule has 0 aliphatic rings. The molecule has 2 aromatic carbocycles. The molecular formula is C19H22O3S. The molecule has 122 valence electrons. The van der Waals surface area contributed by atoms with Gasteiger partial charge in [-0.25, -0.2) is 0 Å². The van der Waals surface area contributed by atoms with E-state index >= 15 is 0 Å². The molecule has 0 saturated heterocycles. The Morgan fingerprint density at radius 3 is 2.13 bits per heavy atom. The van der Waals surface area contributed by atoms with Gasteiger partial charge >= 0.3 is 5.97 Å². The van der Waals surface area contributed by atoms with E-state index in [0.29, 0.717) is 5.75 Å². The van der Waals surface area contributed by atoms with E-state index in [-0.39, 0.29) is 11.3 Å². The molecule has 0 spiro atoms. The maximum atomic E-state index is 11.4. The number of para-hydroxylation sites is 1. The van der Waals surface area contributed by atoms with E-state index in [1.807, 2.05) is 75.4 Å². The van der Waals surface area contributed by atoms with Gasteiger partial charge in [-0.3, -0.25) is 4.79 Å². The third kappa shape index (κ3) is 5.32. The zero-order valence-corrected chi connectivity index (χ0v) is 14.5. The van der Waals surface area contributed by atoms with Gasteiger partial charge < -0.3 is 9.84 Å². The number of hydrogen-bond donors (Lipinski definition) is 1. The maximum absolute atomic E-state index is 11.4. The number of carbonyl (C=O) groups is 1. The molecule has 0 saturated carbocycles. The summed E-state index contributed by atoms with van der Waals surface area (Å²) in [5.74, 6) is 0.997. The fraction of sp³-hybridized carbons (Fsp3) is 0.316. The second kappa shape index (κ2) is 7.55. The summed E-state index contributed by atoms with van der Waals surface area (Å²) in [6, 6.07) is 17.4. The van der Waals surface area contributed by atoms with Crippen LogP contribution in [0.2, 0.25) is 0 Å². The van der Waals surface area contributed by atoms with Crippen molar-refractivity contribution < 1.29 is 14.6 Å². The predicted molar refractivity (Wildman–Crippen MR) is 94.3 cm³/mol. The molecule has 1 atom stereocenters. The van der Waals surface area contributed by atoms with Crippen LogP contribution in [0.4, 0.5) is 0 Å². The Kier molecular flexibility index (Phi) is 5.72. The first-order valence-electron chi connectivity index (χ1n) is 7.55. The average molecular weight is 330 g/mol. The lowest BCUT2D eigenvalue weighted by molar-refractivity contribution is -0.144. The van der Waals surface area contributed by atoms with Gasteiger partial charge in [-0.05, 0) is 41.8 Å². The fourth-order valence-corrected chi connectivity index (χ4v) is 3.43. The summed E-state index contributed by atoms with van der Waals surface area (Å²) < 4.78 is 5.75. The molecule has 0 fully saturated rings. The van der Waals surface area contributed by atoms with Crippen LogP contribution < -0.4 is 4.74 Å². The molecule has 3 nitrogen and oxygen atoms in total. The minimum absolute atomic E-state index is 0.255. The number of thioether (sulfide) groups is 1. The monoisotopic (exact) mass is 330 g/mol. The van der Waals surface area contributed by atoms with Crippen molar-refractivity contribution in [3.63, 3.8) is 0 Å². The quantitative estimate of drug-likeness (QED) is 0.728. The Balaban J connectivity index is 1.96. The van der Waals surface area contributed by atoms with Gasteiger partial charge in [0.2, 0.25) is 0 Å². The van der Waals surface area contributed by atoms with Crippen molar-refractivity contribution in [3.05, 3.63) is 54.6 Å². The van der Waals surface area contributed by atoms with Crippen LogP contribution in [0.25, 0.3) is 0 Å². The van der Waals surface area contributed by atoms with E-state index in [0.717, 1.165) is 16.4 Å². The van der Waals surface area contributed by atoms with E-state index < -0.39 is 5.97 Å². The van der Waals surface area contributed by atoms with Crippen molar-refractivity contribution in [1.29, 1.82) is 0 Å². The van der Waals surface area contributed by atoms with Crippen LogP contribution in [0.1, 0.15) is 20.8 Å². The number of rotatable bonds is 6. The molecule has 1 unspecified atom stereocenters. The highest BCUT2D eigenvalue weighted by atomic mass is 32.2. The van der Waals surface area contributed by atoms with Crippen molar-refractivity contribution in [2.75, 3.05) is 5.75 Å². The normalized spacial score (nSPS) is 12.7. The summed E-state index contributed by atoms with van der Waals surface area (Å²) >= 11 is 1.56. The lowest BCUT2D eigenvalue weighted by Gasteiger charge is -2.26. The standard InChI is InChI=1S/C19H22O3S/c1-19(2,3)17(18(20)21)13-23-16-11-9-15(10-12-16)22-14-7-5-4-6-8-14/h4-12,17H,13H2,1-3H3,(H,20,21). The van der Waals surface area contributed by atoms with E-state index in [2.05, 4.69) is 0 Å². The third-order valence-electron chi connectivity index (χ3n) is 3.56. The largest absolute Gasteiger partial charge is 0.481 e. The Morgan fingerprint density at radius 2 is 1.61 bits per heavy atom. The molecule has 0 aromatic heterocycles. The molecular weight excluding hydrogens is 308 g/mol. The summed E-state index contributed by atoms with van der Waals surface area (Å²) in [6.07, 6.45) is 0. The zero-order valence-electron chi connectivity index (χ0n) is 13.7. The lowest BCUT2D eigenvalue weighted by Crippen LogP contribution is -2.30. The van der Waals surface area contributed by atoms with E-state index in [1.165, 1.54) is 0 Å². The second-order valence-electron chi connectivity index (χ2n) is 6.45. The van der Waals surface area contributed by atoms with Gasteiger partial charge in [0.15, 0.2) is 0 Å². The average Bonchev–Trinajstić information content (AvgIpc) is 2.48. The first-order valence-corrected chi connectivity index (χ1v) is 8.53. The molecule has 2 rings (SSSR count). The number of ether oxygens (including phenoxy) is 1. The summed E-state index contributed by atoms with van der Waals surface area (Å²) in [4.78, 5) is 12.4. The Bertz CT molecular complexity index is 630. The molecule has 4 heteroatoms. The van der Waals surface area contributed by atoms with Crippen LogP contribution in [0, 0.1) is 11.3 Å². The molecule has 2 aromatic rings. The first kappa shape index (κ1) is 17.4. The molecule has 23 heavy (non-hydrogen) atoms. The van der Waals surface area contributed by atoms with Crippen LogP contribution in [0.5, 0.6) is 11.5 Å². The van der Waals surface area contributed by atoms with Gasteiger partial charge in [-0.2, -0.15) is 0 Å². The van der Waals surface area contributed by atoms with Gasteiger partial charge in [0.05, 0.1) is 5.92 Å². The summed E-state index contributed by atoms with van der Waals surface area (Å²) in [7, 11) is 0. The van der Waals surface area contributed by atoms with Gasteiger partial charge in [0, 0.05) is 10.6 Å². The third-order valence-corrected chi connectivity index (χ3v) is 4.67. The van der Waals surface area contributed by atoms with Crippen molar-refractivity contribution in [1.82, 2.24) is 0 Å². The van der Waals surface area contributed by atoms with Crippen molar-refractivity contribution in [3.8, 4) is 11.5 Å². The lowest BCUT2D eigenvalue weighted by atomic mass is 9.82. The van der Waals surface area contributed by atoms with Crippen molar-refractivity contribution >= 4 is 17.7 Å². The zero-order chi connectivity index (χ0) is 16.9. The summed E-state index contributed by atoms with van der Waals surface area (Å²) in [5, 5.41) is 9.36. The number of hydrogen-bond acceptors (Lipinski definition) is 3. The summed E-state index contributed by atoms with van der Waals surface area (Å²) in [6.45, 7) is 5.88. The highest BCUT2D eigenvalue weighted by Gasteiger charge is 2.30. The molecule has 0 amide bonds. The first-order chi connectivity index (χ1) is 10.9. The maximum Gasteiger partial charge on any atom is 0.307 e. The number of benzene rings is 2. The second-order valence-corrected chi connectivity index (χ2v) is 7.55. The van der Waals surface area contributed by atoms with E-state index in [9.17, 15) is 9.90 Å². The Morgan fingerprint density at radius 1 is 1.04 bits per heavy atom. The van der Waals surface area contributed by atoms with Gasteiger partial charge in [0.1, 0.15) is 11.5 Å². The van der Waals surface area contributed by atoms with Gasteiger partial charge in [-0.15, -0.1) is 11.8 Å². The number of carboxylic acid groups (broad SMARTS) is 1. The Hall–Kier alpha value is -1.94. The van der Waals surface area contributed by atoms with Crippen LogP contribution in [-0.2, 0) is 4.79 Å². The van der Waals surface area contributed by atoms with Crippen LogP contribution >= 0.6 is 11.8 Å². The minimum Gasteiger partial charge on any atom is -0.481 e. The minimum atomic E-state index is -0.742. The van der Waals surface area contributed by atoms with Crippen molar-refractivity contribution in [2.24, 2.45) is 11.3 Å². The fourth-order valence-electron chi connectivity index (χ4n) is 2.10. The van der Waals surface area contributed by atoms with Gasteiger partial charge in [-0.1, -0.05) is 39.0 Å². The molecule has 0 radical (unpaired) electrons. The van der Waals surface area contributed by atoms with Crippen LogP contribution in [-0.4, -0.2) is 16.8 Å². The topological polar surface area (TPSA) is 46.5 Å². The van der Waals surface area contributed by atoms with E-state index in [4.69, 9.17) is 4.74 Å². The smallest absolute Gasteiger partial charge is 0.307 e.